The summed E-state index contributed by atoms with van der Waals surface area (Å²) in [6.07, 6.45) is 1.41. The van der Waals surface area contributed by atoms with Gasteiger partial charge in [0.05, 0.1) is 23.8 Å². The minimum absolute atomic E-state index is 0.0145. The predicted octanol–water partition coefficient (Wildman–Crippen LogP) is 2.01. The monoisotopic (exact) mass is 385 g/mol. The third kappa shape index (κ3) is 3.22. The lowest BCUT2D eigenvalue weighted by Crippen LogP contribution is -2.32. The lowest BCUT2D eigenvalue weighted by Gasteiger charge is -2.17. The smallest absolute Gasteiger partial charge is 0.320 e. The SMILES string of the molecule is COc1cc(C)n(C)c(=O)c1-c1c(F)cc(C[C@H](N)C(=O)O)c2cccnc12. The van der Waals surface area contributed by atoms with Crippen LogP contribution in [0, 0.1) is 12.7 Å². The number of aliphatic carboxylic acids is 1. The van der Waals surface area contributed by atoms with Crippen molar-refractivity contribution in [1.82, 2.24) is 9.55 Å². The summed E-state index contributed by atoms with van der Waals surface area (Å²) in [4.78, 5) is 28.3. The molecule has 3 rings (SSSR count). The second kappa shape index (κ2) is 7.40. The molecule has 0 saturated carbocycles. The minimum Gasteiger partial charge on any atom is -0.496 e. The molecule has 0 spiro atoms. The first kappa shape index (κ1) is 19.5. The summed E-state index contributed by atoms with van der Waals surface area (Å²) in [6, 6.07) is 5.03. The molecule has 0 fully saturated rings. The summed E-state index contributed by atoms with van der Waals surface area (Å²) in [5, 5.41) is 9.61. The van der Waals surface area contributed by atoms with Gasteiger partial charge in [0.25, 0.3) is 5.56 Å². The molecule has 0 unspecified atom stereocenters. The fraction of sp³-hybridized carbons (Fsp3) is 0.250. The third-order valence-electron chi connectivity index (χ3n) is 4.79. The van der Waals surface area contributed by atoms with E-state index in [0.29, 0.717) is 16.6 Å². The fourth-order valence-corrected chi connectivity index (χ4v) is 3.19. The number of nitrogens with zero attached hydrogens (tertiary/aromatic N) is 2. The fourth-order valence-electron chi connectivity index (χ4n) is 3.19. The molecule has 0 saturated heterocycles. The van der Waals surface area contributed by atoms with Crippen LogP contribution in [0.1, 0.15) is 11.3 Å². The number of halogens is 1. The molecule has 8 heteroatoms. The van der Waals surface area contributed by atoms with Gasteiger partial charge in [-0.2, -0.15) is 0 Å². The molecule has 0 radical (unpaired) electrons. The van der Waals surface area contributed by atoms with Crippen LogP contribution in [0.4, 0.5) is 4.39 Å². The van der Waals surface area contributed by atoms with Crippen molar-refractivity contribution in [2.45, 2.75) is 19.4 Å². The standard InChI is InChI=1S/C20H20FN3O4/c1-10-7-15(28-3)17(19(25)24(10)2)16-13(21)8-11(9-14(22)20(26)27)12-5-4-6-23-18(12)16/h4-8,14H,9,22H2,1-3H3,(H,26,27)/t14-/m0/s1. The largest absolute Gasteiger partial charge is 0.496 e. The zero-order chi connectivity index (χ0) is 20.6. The number of rotatable bonds is 5. The molecule has 0 aliphatic heterocycles. The van der Waals surface area contributed by atoms with Crippen LogP contribution in [0.5, 0.6) is 5.75 Å². The summed E-state index contributed by atoms with van der Waals surface area (Å²) < 4.78 is 22.0. The van der Waals surface area contributed by atoms with Crippen molar-refractivity contribution in [3.8, 4) is 16.9 Å². The van der Waals surface area contributed by atoms with Crippen LogP contribution in [0.15, 0.2) is 35.3 Å². The highest BCUT2D eigenvalue weighted by molar-refractivity contribution is 5.97. The van der Waals surface area contributed by atoms with Crippen molar-refractivity contribution >= 4 is 16.9 Å². The number of carboxylic acid groups (broad SMARTS) is 1. The van der Waals surface area contributed by atoms with E-state index in [1.807, 2.05) is 0 Å². The molecule has 0 bridgehead atoms. The Kier molecular flexibility index (Phi) is 5.15. The number of pyridine rings is 2. The number of nitrogens with two attached hydrogens (primary N) is 1. The predicted molar refractivity (Wildman–Crippen MR) is 103 cm³/mol. The Bertz CT molecular complexity index is 1140. The van der Waals surface area contributed by atoms with Gasteiger partial charge in [-0.15, -0.1) is 0 Å². The van der Waals surface area contributed by atoms with Crippen molar-refractivity contribution in [3.63, 3.8) is 0 Å². The van der Waals surface area contributed by atoms with Crippen LogP contribution in [-0.4, -0.2) is 33.8 Å². The van der Waals surface area contributed by atoms with E-state index in [1.165, 1.54) is 23.9 Å². The molecule has 1 aromatic carbocycles. The van der Waals surface area contributed by atoms with Gasteiger partial charge in [0, 0.05) is 30.4 Å². The van der Waals surface area contributed by atoms with Gasteiger partial charge in [-0.3, -0.25) is 14.6 Å². The molecular formula is C20H20FN3O4. The van der Waals surface area contributed by atoms with Crippen molar-refractivity contribution < 1.29 is 19.0 Å². The van der Waals surface area contributed by atoms with Gasteiger partial charge in [0.2, 0.25) is 0 Å². The van der Waals surface area contributed by atoms with E-state index < -0.39 is 23.4 Å². The quantitative estimate of drug-likeness (QED) is 0.696. The van der Waals surface area contributed by atoms with Gasteiger partial charge < -0.3 is 20.1 Å². The first-order valence-electron chi connectivity index (χ1n) is 8.55. The maximum absolute atomic E-state index is 15.2. The molecule has 3 aromatic rings. The number of fused-ring (bicyclic) bond motifs is 1. The second-order valence-electron chi connectivity index (χ2n) is 6.53. The number of ether oxygens (including phenoxy) is 1. The molecule has 2 aromatic heterocycles. The first-order chi connectivity index (χ1) is 13.3. The van der Waals surface area contributed by atoms with Gasteiger partial charge in [-0.1, -0.05) is 6.07 Å². The summed E-state index contributed by atoms with van der Waals surface area (Å²) in [7, 11) is 3.00. The van der Waals surface area contributed by atoms with E-state index in [9.17, 15) is 9.59 Å². The molecule has 0 aliphatic carbocycles. The number of hydrogen-bond acceptors (Lipinski definition) is 5. The summed E-state index contributed by atoms with van der Waals surface area (Å²) in [5.74, 6) is -1.64. The van der Waals surface area contributed by atoms with Gasteiger partial charge in [-0.25, -0.2) is 4.39 Å². The van der Waals surface area contributed by atoms with Crippen LogP contribution >= 0.6 is 0 Å². The maximum Gasteiger partial charge on any atom is 0.320 e. The third-order valence-corrected chi connectivity index (χ3v) is 4.79. The van der Waals surface area contributed by atoms with Crippen molar-refractivity contribution in [2.75, 3.05) is 7.11 Å². The van der Waals surface area contributed by atoms with Crippen LogP contribution in [0.25, 0.3) is 22.0 Å². The summed E-state index contributed by atoms with van der Waals surface area (Å²) >= 11 is 0. The number of carbonyl (C=O) groups is 1. The Balaban J connectivity index is 2.37. The summed E-state index contributed by atoms with van der Waals surface area (Å²) in [5.41, 5.74) is 6.60. The Morgan fingerprint density at radius 1 is 1.39 bits per heavy atom. The molecule has 0 aliphatic rings. The number of aryl methyl sites for hydroxylation is 1. The molecule has 3 N–H and O–H groups in total. The number of hydrogen-bond donors (Lipinski definition) is 2. The molecule has 1 atom stereocenters. The van der Waals surface area contributed by atoms with Gasteiger partial charge in [-0.05, 0) is 31.0 Å². The van der Waals surface area contributed by atoms with Gasteiger partial charge in [0.1, 0.15) is 17.6 Å². The molecule has 28 heavy (non-hydrogen) atoms. The lowest BCUT2D eigenvalue weighted by molar-refractivity contribution is -0.138. The van der Waals surface area contributed by atoms with E-state index in [0.717, 1.165) is 0 Å². The topological polar surface area (TPSA) is 107 Å². The number of methoxy groups -OCH3 is 1. The Morgan fingerprint density at radius 2 is 2.11 bits per heavy atom. The highest BCUT2D eigenvalue weighted by Gasteiger charge is 2.24. The van der Waals surface area contributed by atoms with Crippen LogP contribution in [-0.2, 0) is 18.3 Å². The van der Waals surface area contributed by atoms with Crippen LogP contribution in [0.3, 0.4) is 0 Å². The Labute approximate surface area is 160 Å². The molecule has 146 valence electrons. The van der Waals surface area contributed by atoms with E-state index in [-0.39, 0.29) is 28.8 Å². The zero-order valence-corrected chi connectivity index (χ0v) is 15.7. The minimum atomic E-state index is -1.18. The van der Waals surface area contributed by atoms with Gasteiger partial charge in [0.15, 0.2) is 0 Å². The van der Waals surface area contributed by atoms with Crippen molar-refractivity contribution in [3.05, 3.63) is 57.9 Å². The lowest BCUT2D eigenvalue weighted by atomic mass is 9.94. The molecule has 2 heterocycles. The second-order valence-corrected chi connectivity index (χ2v) is 6.53. The van der Waals surface area contributed by atoms with Crippen molar-refractivity contribution in [1.29, 1.82) is 0 Å². The molecule has 0 amide bonds. The number of aromatic nitrogens is 2. The molecule has 7 nitrogen and oxygen atoms in total. The van der Waals surface area contributed by atoms with Crippen LogP contribution < -0.4 is 16.0 Å². The average Bonchev–Trinajstić information content (AvgIpc) is 2.67. The van der Waals surface area contributed by atoms with Gasteiger partial charge >= 0.3 is 5.97 Å². The molecular weight excluding hydrogens is 365 g/mol. The zero-order valence-electron chi connectivity index (χ0n) is 15.7. The van der Waals surface area contributed by atoms with E-state index in [2.05, 4.69) is 4.98 Å². The highest BCUT2D eigenvalue weighted by atomic mass is 19.1. The van der Waals surface area contributed by atoms with Crippen molar-refractivity contribution in [2.24, 2.45) is 12.8 Å². The van der Waals surface area contributed by atoms with E-state index >= 15 is 4.39 Å². The van der Waals surface area contributed by atoms with E-state index in [4.69, 9.17) is 15.6 Å². The normalized spacial score (nSPS) is 12.2. The summed E-state index contributed by atoms with van der Waals surface area (Å²) in [6.45, 7) is 1.75. The van der Waals surface area contributed by atoms with Crippen LogP contribution in [0.2, 0.25) is 0 Å². The number of benzene rings is 1. The Hall–Kier alpha value is -3.26. The highest BCUT2D eigenvalue weighted by Crippen LogP contribution is 2.36. The average molecular weight is 385 g/mol. The number of carboxylic acids is 1. The van der Waals surface area contributed by atoms with E-state index in [1.54, 1.807) is 32.2 Å². The maximum atomic E-state index is 15.2. The Morgan fingerprint density at radius 3 is 2.75 bits per heavy atom. The first-order valence-corrected chi connectivity index (χ1v) is 8.55.